The number of aromatic nitrogens is 2. The van der Waals surface area contributed by atoms with E-state index in [1.165, 1.54) is 19.2 Å². The van der Waals surface area contributed by atoms with Gasteiger partial charge in [0.15, 0.2) is 0 Å². The van der Waals surface area contributed by atoms with Crippen molar-refractivity contribution >= 4 is 0 Å². The van der Waals surface area contributed by atoms with E-state index in [0.717, 1.165) is 17.7 Å². The number of nitrogens with one attached hydrogen (secondary N) is 1. The molecule has 1 atom stereocenters. The van der Waals surface area contributed by atoms with Gasteiger partial charge in [0.1, 0.15) is 11.6 Å². The summed E-state index contributed by atoms with van der Waals surface area (Å²) in [5.41, 5.74) is 0.351. The third-order valence-electron chi connectivity index (χ3n) is 3.61. The van der Waals surface area contributed by atoms with Crippen LogP contribution in [-0.2, 0) is 12.3 Å². The highest BCUT2D eigenvalue weighted by Gasteiger charge is 2.33. The number of halogens is 3. The molecule has 3 rings (SSSR count). The van der Waals surface area contributed by atoms with E-state index in [1.54, 1.807) is 29.2 Å². The lowest BCUT2D eigenvalue weighted by Gasteiger charge is -2.27. The van der Waals surface area contributed by atoms with Crippen LogP contribution in [0.3, 0.4) is 0 Å². The van der Waals surface area contributed by atoms with Crippen molar-refractivity contribution in [1.82, 2.24) is 15.1 Å². The Balaban J connectivity index is 1.84. The summed E-state index contributed by atoms with van der Waals surface area (Å²) in [5, 5.41) is 6.60. The average molecular weight is 305 g/mol. The fourth-order valence-electron chi connectivity index (χ4n) is 2.31. The summed E-state index contributed by atoms with van der Waals surface area (Å²) in [6, 6.07) is 3.96. The van der Waals surface area contributed by atoms with Crippen molar-refractivity contribution in [2.45, 2.75) is 19.3 Å². The Hall–Kier alpha value is -2.50. The maximum absolute atomic E-state index is 14.9. The maximum atomic E-state index is 14.9. The van der Waals surface area contributed by atoms with Crippen molar-refractivity contribution in [2.24, 2.45) is 0 Å². The second-order valence-electron chi connectivity index (χ2n) is 5.15. The van der Waals surface area contributed by atoms with Crippen LogP contribution in [0.5, 0.6) is 0 Å². The van der Waals surface area contributed by atoms with Crippen LogP contribution in [-0.4, -0.2) is 9.78 Å². The molecule has 0 spiro atoms. The standard InChI is InChI=1S/C16H14F3N3/c1-11-14(17)4-3-13(15(11)18)16(19)6-5-12(9-20-16)10-22-8-2-7-21-22/h2-9,20H,10H2,1H3. The average Bonchev–Trinajstić information content (AvgIpc) is 3.00. The smallest absolute Gasteiger partial charge is 0.228 e. The molecule has 1 unspecified atom stereocenters. The predicted octanol–water partition coefficient (Wildman–Crippen LogP) is 3.34. The van der Waals surface area contributed by atoms with Crippen molar-refractivity contribution < 1.29 is 13.2 Å². The van der Waals surface area contributed by atoms with E-state index in [1.807, 2.05) is 0 Å². The van der Waals surface area contributed by atoms with Gasteiger partial charge in [-0.3, -0.25) is 4.68 Å². The first-order chi connectivity index (χ1) is 10.5. The van der Waals surface area contributed by atoms with E-state index in [2.05, 4.69) is 10.4 Å². The quantitative estimate of drug-likeness (QED) is 0.882. The van der Waals surface area contributed by atoms with E-state index >= 15 is 0 Å². The topological polar surface area (TPSA) is 29.9 Å². The summed E-state index contributed by atoms with van der Waals surface area (Å²) in [4.78, 5) is 0. The van der Waals surface area contributed by atoms with Gasteiger partial charge in [0, 0.05) is 29.7 Å². The molecule has 0 saturated carbocycles. The van der Waals surface area contributed by atoms with Crippen molar-refractivity contribution in [2.75, 3.05) is 0 Å². The molecule has 0 saturated heterocycles. The van der Waals surface area contributed by atoms with Crippen LogP contribution >= 0.6 is 0 Å². The van der Waals surface area contributed by atoms with E-state index in [4.69, 9.17) is 0 Å². The minimum absolute atomic E-state index is 0.198. The SMILES string of the molecule is Cc1c(F)ccc(C2(F)C=CC(Cn3cccn3)=CN2)c1F. The van der Waals surface area contributed by atoms with Gasteiger partial charge in [-0.05, 0) is 36.8 Å². The van der Waals surface area contributed by atoms with Gasteiger partial charge in [0.05, 0.1) is 6.54 Å². The number of dihydropyridines is 1. The zero-order valence-electron chi connectivity index (χ0n) is 11.9. The molecule has 1 aromatic heterocycles. The van der Waals surface area contributed by atoms with Gasteiger partial charge in [-0.2, -0.15) is 5.10 Å². The molecule has 0 amide bonds. The van der Waals surface area contributed by atoms with Gasteiger partial charge in [-0.25, -0.2) is 13.2 Å². The second kappa shape index (κ2) is 5.36. The summed E-state index contributed by atoms with van der Waals surface area (Å²) in [6.45, 7) is 1.75. The Morgan fingerprint density at radius 1 is 1.32 bits per heavy atom. The first-order valence-electron chi connectivity index (χ1n) is 6.77. The number of hydrogen-bond acceptors (Lipinski definition) is 2. The molecule has 0 fully saturated rings. The molecule has 0 aliphatic carbocycles. The number of nitrogens with zero attached hydrogens (tertiary/aromatic N) is 2. The Morgan fingerprint density at radius 3 is 2.77 bits per heavy atom. The molecule has 1 aromatic carbocycles. The highest BCUT2D eigenvalue weighted by Crippen LogP contribution is 2.32. The third-order valence-corrected chi connectivity index (χ3v) is 3.61. The highest BCUT2D eigenvalue weighted by atomic mass is 19.2. The summed E-state index contributed by atoms with van der Waals surface area (Å²) in [7, 11) is 0. The molecule has 0 bridgehead atoms. The number of alkyl halides is 1. The molecule has 1 aliphatic heterocycles. The van der Waals surface area contributed by atoms with Crippen molar-refractivity contribution in [3.63, 3.8) is 0 Å². The van der Waals surface area contributed by atoms with E-state index in [-0.39, 0.29) is 11.1 Å². The van der Waals surface area contributed by atoms with Crippen molar-refractivity contribution in [3.05, 3.63) is 77.3 Å². The summed E-state index contributed by atoms with van der Waals surface area (Å²) >= 11 is 0. The Kier molecular flexibility index (Phi) is 3.52. The molecule has 3 nitrogen and oxygen atoms in total. The lowest BCUT2D eigenvalue weighted by molar-refractivity contribution is 0.191. The summed E-state index contributed by atoms with van der Waals surface area (Å²) in [5.74, 6) is -3.78. The van der Waals surface area contributed by atoms with E-state index in [0.29, 0.717) is 6.54 Å². The molecule has 1 aliphatic rings. The Bertz CT molecular complexity index is 750. The Morgan fingerprint density at radius 2 is 2.14 bits per heavy atom. The van der Waals surface area contributed by atoms with Crippen LogP contribution in [0.4, 0.5) is 13.2 Å². The van der Waals surface area contributed by atoms with Crippen LogP contribution in [0.2, 0.25) is 0 Å². The molecule has 2 heterocycles. The van der Waals surface area contributed by atoms with Crippen LogP contribution in [0, 0.1) is 18.6 Å². The molecule has 22 heavy (non-hydrogen) atoms. The predicted molar refractivity (Wildman–Crippen MR) is 76.5 cm³/mol. The third kappa shape index (κ3) is 2.52. The lowest BCUT2D eigenvalue weighted by Crippen LogP contribution is -2.36. The highest BCUT2D eigenvalue weighted by molar-refractivity contribution is 5.38. The van der Waals surface area contributed by atoms with Crippen LogP contribution in [0.15, 0.2) is 54.5 Å². The largest absolute Gasteiger partial charge is 0.352 e. The minimum atomic E-state index is -2.20. The maximum Gasteiger partial charge on any atom is 0.228 e. The van der Waals surface area contributed by atoms with E-state index < -0.39 is 17.4 Å². The number of allylic oxidation sites excluding steroid dienone is 2. The van der Waals surface area contributed by atoms with E-state index in [9.17, 15) is 13.2 Å². The fourth-order valence-corrected chi connectivity index (χ4v) is 2.31. The molecule has 2 aromatic rings. The summed E-state index contributed by atoms with van der Waals surface area (Å²) < 4.78 is 44.0. The molecular weight excluding hydrogens is 291 g/mol. The van der Waals surface area contributed by atoms with Crippen LogP contribution in [0.25, 0.3) is 0 Å². The molecule has 1 N–H and O–H groups in total. The molecular formula is C16H14F3N3. The normalized spacial score (nSPS) is 20.6. The van der Waals surface area contributed by atoms with Gasteiger partial charge in [-0.15, -0.1) is 0 Å². The summed E-state index contributed by atoms with van der Waals surface area (Å²) in [6.07, 6.45) is 7.70. The Labute approximate surface area is 125 Å². The number of benzene rings is 1. The van der Waals surface area contributed by atoms with Crippen molar-refractivity contribution in [3.8, 4) is 0 Å². The number of hydrogen-bond donors (Lipinski definition) is 1. The van der Waals surface area contributed by atoms with Gasteiger partial charge >= 0.3 is 0 Å². The van der Waals surface area contributed by atoms with Gasteiger partial charge in [0.2, 0.25) is 5.79 Å². The number of rotatable bonds is 3. The van der Waals surface area contributed by atoms with Gasteiger partial charge < -0.3 is 5.32 Å². The monoisotopic (exact) mass is 305 g/mol. The van der Waals surface area contributed by atoms with Crippen LogP contribution < -0.4 is 5.32 Å². The van der Waals surface area contributed by atoms with Crippen molar-refractivity contribution in [1.29, 1.82) is 0 Å². The first-order valence-corrected chi connectivity index (χ1v) is 6.77. The second-order valence-corrected chi connectivity index (χ2v) is 5.15. The van der Waals surface area contributed by atoms with Gasteiger partial charge in [-0.1, -0.05) is 6.08 Å². The zero-order chi connectivity index (χ0) is 15.7. The zero-order valence-corrected chi connectivity index (χ0v) is 11.9. The molecule has 0 radical (unpaired) electrons. The first kappa shape index (κ1) is 14.4. The van der Waals surface area contributed by atoms with Crippen LogP contribution in [0.1, 0.15) is 11.1 Å². The minimum Gasteiger partial charge on any atom is -0.352 e. The molecule has 114 valence electrons. The lowest BCUT2D eigenvalue weighted by atomic mass is 9.97. The fraction of sp³-hybridized carbons (Fsp3) is 0.188. The molecule has 6 heteroatoms. The van der Waals surface area contributed by atoms with Gasteiger partial charge in [0.25, 0.3) is 0 Å².